The van der Waals surface area contributed by atoms with E-state index in [1.54, 1.807) is 12.1 Å². The number of aromatic nitrogens is 3. The third kappa shape index (κ3) is 2.90. The molecule has 3 aromatic rings. The molecule has 0 aliphatic carbocycles. The quantitative estimate of drug-likeness (QED) is 0.741. The van der Waals surface area contributed by atoms with E-state index in [-0.39, 0.29) is 11.5 Å². The summed E-state index contributed by atoms with van der Waals surface area (Å²) in [5.74, 6) is 0.356. The van der Waals surface area contributed by atoms with Gasteiger partial charge in [-0.15, -0.1) is 5.10 Å². The van der Waals surface area contributed by atoms with Gasteiger partial charge in [0.2, 0.25) is 0 Å². The lowest BCUT2D eigenvalue weighted by Crippen LogP contribution is -2.00. The van der Waals surface area contributed by atoms with Crippen molar-refractivity contribution < 1.29 is 9.13 Å². The molecular formula is C17H13FN4O. The largest absolute Gasteiger partial charge is 0.494 e. The van der Waals surface area contributed by atoms with Crippen LogP contribution in [0.5, 0.6) is 5.75 Å². The lowest BCUT2D eigenvalue weighted by atomic mass is 10.1. The molecule has 114 valence electrons. The summed E-state index contributed by atoms with van der Waals surface area (Å²) in [5.41, 5.74) is 1.85. The number of hydrogen-bond acceptors (Lipinski definition) is 4. The highest BCUT2D eigenvalue weighted by atomic mass is 19.1. The van der Waals surface area contributed by atoms with E-state index in [0.29, 0.717) is 23.6 Å². The fourth-order valence-electron chi connectivity index (χ4n) is 2.28. The number of rotatable bonds is 4. The molecule has 2 aromatic carbocycles. The molecule has 23 heavy (non-hydrogen) atoms. The van der Waals surface area contributed by atoms with Crippen molar-refractivity contribution in [1.82, 2.24) is 15.0 Å². The molecular weight excluding hydrogens is 295 g/mol. The molecule has 0 saturated heterocycles. The minimum absolute atomic E-state index is 0.143. The lowest BCUT2D eigenvalue weighted by Gasteiger charge is -2.08. The third-order valence-corrected chi connectivity index (χ3v) is 3.27. The van der Waals surface area contributed by atoms with E-state index in [4.69, 9.17) is 4.74 Å². The molecule has 0 N–H and O–H groups in total. The second-order valence-corrected chi connectivity index (χ2v) is 4.75. The number of halogens is 1. The first-order valence-corrected chi connectivity index (χ1v) is 7.08. The summed E-state index contributed by atoms with van der Waals surface area (Å²) in [7, 11) is 0. The van der Waals surface area contributed by atoms with Crippen LogP contribution in [0, 0.1) is 17.1 Å². The van der Waals surface area contributed by atoms with E-state index in [1.165, 1.54) is 16.8 Å². The molecule has 0 unspecified atom stereocenters. The van der Waals surface area contributed by atoms with E-state index >= 15 is 0 Å². The van der Waals surface area contributed by atoms with Crippen LogP contribution in [0.1, 0.15) is 12.6 Å². The molecule has 0 fully saturated rings. The summed E-state index contributed by atoms with van der Waals surface area (Å²) in [6.07, 6.45) is 0. The summed E-state index contributed by atoms with van der Waals surface area (Å²) in [6, 6.07) is 15.2. The monoisotopic (exact) mass is 308 g/mol. The van der Waals surface area contributed by atoms with E-state index in [0.717, 1.165) is 5.75 Å². The maximum atomic E-state index is 13.5. The highest BCUT2D eigenvalue weighted by Crippen LogP contribution is 2.26. The molecule has 0 amide bonds. The van der Waals surface area contributed by atoms with Crippen LogP contribution in [0.2, 0.25) is 0 Å². The zero-order valence-corrected chi connectivity index (χ0v) is 12.4. The summed E-state index contributed by atoms with van der Waals surface area (Å²) >= 11 is 0. The maximum Gasteiger partial charge on any atom is 0.191 e. The Labute approximate surface area is 132 Å². The number of hydrogen-bond donors (Lipinski definition) is 0. The predicted molar refractivity (Wildman–Crippen MR) is 82.6 cm³/mol. The van der Waals surface area contributed by atoms with Crippen LogP contribution in [0.4, 0.5) is 4.39 Å². The first-order chi connectivity index (χ1) is 11.2. The van der Waals surface area contributed by atoms with Crippen molar-refractivity contribution in [2.45, 2.75) is 6.92 Å². The fraction of sp³-hybridized carbons (Fsp3) is 0.118. The Balaban J connectivity index is 2.10. The van der Waals surface area contributed by atoms with Crippen molar-refractivity contribution in [2.24, 2.45) is 0 Å². The standard InChI is InChI=1S/C17H13FN4O/c1-2-23-15-8-6-14(7-9-15)22-17(16(11-19)20-21-22)12-4-3-5-13(18)10-12/h3-10H,2H2,1H3. The van der Waals surface area contributed by atoms with Crippen molar-refractivity contribution >= 4 is 0 Å². The Hall–Kier alpha value is -3.20. The van der Waals surface area contributed by atoms with Gasteiger partial charge >= 0.3 is 0 Å². The Morgan fingerprint density at radius 1 is 1.22 bits per heavy atom. The van der Waals surface area contributed by atoms with Crippen LogP contribution in [0.15, 0.2) is 48.5 Å². The van der Waals surface area contributed by atoms with Crippen molar-refractivity contribution in [1.29, 1.82) is 5.26 Å². The van der Waals surface area contributed by atoms with E-state index in [2.05, 4.69) is 10.3 Å². The highest BCUT2D eigenvalue weighted by molar-refractivity contribution is 5.67. The van der Waals surface area contributed by atoms with Gasteiger partial charge in [0.25, 0.3) is 0 Å². The molecule has 1 aromatic heterocycles. The number of benzene rings is 2. The summed E-state index contributed by atoms with van der Waals surface area (Å²) in [6.45, 7) is 2.49. The maximum absolute atomic E-state index is 13.5. The molecule has 0 saturated carbocycles. The Morgan fingerprint density at radius 3 is 2.65 bits per heavy atom. The highest BCUT2D eigenvalue weighted by Gasteiger charge is 2.16. The van der Waals surface area contributed by atoms with Gasteiger partial charge in [-0.2, -0.15) is 5.26 Å². The molecule has 0 bridgehead atoms. The van der Waals surface area contributed by atoms with Gasteiger partial charge in [-0.1, -0.05) is 17.3 Å². The van der Waals surface area contributed by atoms with Gasteiger partial charge in [0.05, 0.1) is 12.3 Å². The van der Waals surface area contributed by atoms with Gasteiger partial charge in [-0.25, -0.2) is 9.07 Å². The van der Waals surface area contributed by atoms with E-state index in [1.807, 2.05) is 37.3 Å². The van der Waals surface area contributed by atoms with E-state index < -0.39 is 0 Å². The molecule has 0 radical (unpaired) electrons. The van der Waals surface area contributed by atoms with Crippen LogP contribution >= 0.6 is 0 Å². The fourth-order valence-corrected chi connectivity index (χ4v) is 2.28. The molecule has 1 heterocycles. The molecule has 0 aliphatic heterocycles. The Morgan fingerprint density at radius 2 is 2.00 bits per heavy atom. The van der Waals surface area contributed by atoms with Crippen molar-refractivity contribution in [3.8, 4) is 28.8 Å². The third-order valence-electron chi connectivity index (χ3n) is 3.27. The van der Waals surface area contributed by atoms with Crippen LogP contribution in [-0.4, -0.2) is 21.6 Å². The Kier molecular flexibility index (Phi) is 4.02. The smallest absolute Gasteiger partial charge is 0.191 e. The Bertz CT molecular complexity index is 865. The predicted octanol–water partition coefficient (Wildman–Crippen LogP) is 3.34. The van der Waals surface area contributed by atoms with Crippen LogP contribution in [-0.2, 0) is 0 Å². The van der Waals surface area contributed by atoms with Gasteiger partial charge in [0.1, 0.15) is 23.3 Å². The number of nitrogens with zero attached hydrogens (tertiary/aromatic N) is 4. The van der Waals surface area contributed by atoms with E-state index in [9.17, 15) is 9.65 Å². The SMILES string of the molecule is CCOc1ccc(-n2nnc(C#N)c2-c2cccc(F)c2)cc1. The van der Waals surface area contributed by atoms with Crippen molar-refractivity contribution in [3.05, 3.63) is 60.0 Å². The van der Waals surface area contributed by atoms with Crippen molar-refractivity contribution in [3.63, 3.8) is 0 Å². The summed E-state index contributed by atoms with van der Waals surface area (Å²) in [4.78, 5) is 0. The first kappa shape index (κ1) is 14.7. The average molecular weight is 308 g/mol. The van der Waals surface area contributed by atoms with Gasteiger partial charge in [-0.05, 0) is 43.3 Å². The van der Waals surface area contributed by atoms with Crippen LogP contribution in [0.25, 0.3) is 16.9 Å². The van der Waals surface area contributed by atoms with Crippen LogP contribution < -0.4 is 4.74 Å². The second kappa shape index (κ2) is 6.28. The van der Waals surface area contributed by atoms with Gasteiger partial charge < -0.3 is 4.74 Å². The van der Waals surface area contributed by atoms with Gasteiger partial charge in [-0.3, -0.25) is 0 Å². The summed E-state index contributed by atoms with van der Waals surface area (Å²) in [5, 5.41) is 17.1. The minimum atomic E-state index is -0.383. The number of ether oxygens (including phenoxy) is 1. The minimum Gasteiger partial charge on any atom is -0.494 e. The molecule has 0 aliphatic rings. The first-order valence-electron chi connectivity index (χ1n) is 7.08. The molecule has 6 heteroatoms. The van der Waals surface area contributed by atoms with Crippen molar-refractivity contribution in [2.75, 3.05) is 6.61 Å². The molecule has 0 spiro atoms. The normalized spacial score (nSPS) is 10.3. The zero-order valence-electron chi connectivity index (χ0n) is 12.4. The average Bonchev–Trinajstić information content (AvgIpc) is 3.00. The summed E-state index contributed by atoms with van der Waals surface area (Å²) < 4.78 is 20.4. The second-order valence-electron chi connectivity index (χ2n) is 4.75. The number of nitriles is 1. The van der Waals surface area contributed by atoms with Gasteiger partial charge in [0, 0.05) is 5.56 Å². The molecule has 3 rings (SSSR count). The zero-order chi connectivity index (χ0) is 16.2. The molecule has 5 nitrogen and oxygen atoms in total. The van der Waals surface area contributed by atoms with Gasteiger partial charge in [0.15, 0.2) is 5.69 Å². The van der Waals surface area contributed by atoms with Crippen LogP contribution in [0.3, 0.4) is 0 Å². The lowest BCUT2D eigenvalue weighted by molar-refractivity contribution is 0.340. The topological polar surface area (TPSA) is 63.7 Å². The molecule has 0 atom stereocenters.